The fourth-order valence-electron chi connectivity index (χ4n) is 2.21. The zero-order valence-corrected chi connectivity index (χ0v) is 14.0. The van der Waals surface area contributed by atoms with Crippen molar-refractivity contribution in [2.45, 2.75) is 33.8 Å². The van der Waals surface area contributed by atoms with Gasteiger partial charge in [0.25, 0.3) is 0 Å². The maximum atomic E-state index is 11.9. The van der Waals surface area contributed by atoms with Crippen LogP contribution in [0, 0.1) is 5.41 Å². The number of pyridine rings is 1. The lowest BCUT2D eigenvalue weighted by Gasteiger charge is -2.17. The number of esters is 1. The Morgan fingerprint density at radius 3 is 2.74 bits per heavy atom. The van der Waals surface area contributed by atoms with Crippen molar-refractivity contribution in [1.29, 1.82) is 0 Å². The summed E-state index contributed by atoms with van der Waals surface area (Å²) >= 11 is 0. The summed E-state index contributed by atoms with van der Waals surface area (Å²) in [5.41, 5.74) is 0.928. The number of aliphatic hydroxyl groups is 1. The second-order valence-electron chi connectivity index (χ2n) is 6.17. The third kappa shape index (κ3) is 4.17. The van der Waals surface area contributed by atoms with Gasteiger partial charge in [-0.1, -0.05) is 18.2 Å². The minimum atomic E-state index is -0.700. The summed E-state index contributed by atoms with van der Waals surface area (Å²) in [7, 11) is 0. The number of ether oxygens (including phenoxy) is 1. The zero-order valence-electron chi connectivity index (χ0n) is 14.0. The SMILES string of the molecule is CCOC(=O)C(C)(C)C=Cc1cc2cc([C@@H](C)O)ccc2cn1. The van der Waals surface area contributed by atoms with E-state index in [-0.39, 0.29) is 5.97 Å². The van der Waals surface area contributed by atoms with Crippen molar-refractivity contribution in [1.82, 2.24) is 4.98 Å². The van der Waals surface area contributed by atoms with Crippen molar-refractivity contribution in [2.24, 2.45) is 5.41 Å². The third-order valence-electron chi connectivity index (χ3n) is 3.72. The van der Waals surface area contributed by atoms with Crippen molar-refractivity contribution in [2.75, 3.05) is 6.61 Å². The Morgan fingerprint density at radius 1 is 1.35 bits per heavy atom. The normalized spacial score (nSPS) is 13.4. The van der Waals surface area contributed by atoms with Crippen molar-refractivity contribution < 1.29 is 14.6 Å². The predicted octanol–water partition coefficient (Wildman–Crippen LogP) is 3.89. The van der Waals surface area contributed by atoms with Crippen LogP contribution < -0.4 is 0 Å². The quantitative estimate of drug-likeness (QED) is 0.851. The highest BCUT2D eigenvalue weighted by Crippen LogP contribution is 2.23. The standard InChI is InChI=1S/C19H23NO3/c1-5-23-18(22)19(3,4)9-8-17-11-16-10-14(13(2)21)6-7-15(16)12-20-17/h6-13,21H,5H2,1-4H3/t13-/m1/s1. The fraction of sp³-hybridized carbons (Fsp3) is 0.368. The van der Waals surface area contributed by atoms with E-state index in [2.05, 4.69) is 4.98 Å². The van der Waals surface area contributed by atoms with E-state index in [0.717, 1.165) is 22.0 Å². The highest BCUT2D eigenvalue weighted by molar-refractivity contribution is 5.84. The van der Waals surface area contributed by atoms with Crippen molar-refractivity contribution in [3.63, 3.8) is 0 Å². The molecule has 1 aromatic carbocycles. The number of benzene rings is 1. The number of hydrogen-bond donors (Lipinski definition) is 1. The summed E-state index contributed by atoms with van der Waals surface area (Å²) in [6, 6.07) is 7.74. The fourth-order valence-corrected chi connectivity index (χ4v) is 2.21. The first kappa shape index (κ1) is 17.2. The van der Waals surface area contributed by atoms with Crippen molar-refractivity contribution in [3.8, 4) is 0 Å². The van der Waals surface area contributed by atoms with Gasteiger partial charge in [0.1, 0.15) is 0 Å². The molecule has 1 atom stereocenters. The van der Waals surface area contributed by atoms with Crippen LogP contribution in [0.2, 0.25) is 0 Å². The molecule has 0 aliphatic carbocycles. The number of hydrogen-bond acceptors (Lipinski definition) is 4. The summed E-state index contributed by atoms with van der Waals surface area (Å²) in [5.74, 6) is -0.256. The number of rotatable bonds is 5. The highest BCUT2D eigenvalue weighted by Gasteiger charge is 2.25. The van der Waals surface area contributed by atoms with Crippen LogP contribution in [-0.4, -0.2) is 22.7 Å². The van der Waals surface area contributed by atoms with E-state index in [1.54, 1.807) is 26.1 Å². The van der Waals surface area contributed by atoms with Gasteiger partial charge in [-0.15, -0.1) is 0 Å². The first-order valence-corrected chi connectivity index (χ1v) is 7.77. The van der Waals surface area contributed by atoms with Gasteiger partial charge >= 0.3 is 5.97 Å². The molecule has 4 nitrogen and oxygen atoms in total. The van der Waals surface area contributed by atoms with E-state index in [1.807, 2.05) is 44.2 Å². The maximum absolute atomic E-state index is 11.9. The Bertz CT molecular complexity index is 732. The lowest BCUT2D eigenvalue weighted by Crippen LogP contribution is -2.24. The van der Waals surface area contributed by atoms with Crippen molar-refractivity contribution >= 4 is 22.8 Å². The van der Waals surface area contributed by atoms with Crippen LogP contribution >= 0.6 is 0 Å². The minimum Gasteiger partial charge on any atom is -0.465 e. The highest BCUT2D eigenvalue weighted by atomic mass is 16.5. The molecule has 0 saturated carbocycles. The Labute approximate surface area is 136 Å². The van der Waals surface area contributed by atoms with Crippen LogP contribution in [0.1, 0.15) is 45.1 Å². The summed E-state index contributed by atoms with van der Waals surface area (Å²) in [6.45, 7) is 7.53. The van der Waals surface area contributed by atoms with Crippen LogP contribution in [0.3, 0.4) is 0 Å². The molecule has 2 rings (SSSR count). The number of fused-ring (bicyclic) bond motifs is 1. The summed E-state index contributed by atoms with van der Waals surface area (Å²) < 4.78 is 5.07. The molecular weight excluding hydrogens is 290 g/mol. The predicted molar refractivity (Wildman–Crippen MR) is 91.8 cm³/mol. The average molecular weight is 313 g/mol. The van der Waals surface area contributed by atoms with Gasteiger partial charge in [0.05, 0.1) is 23.8 Å². The Balaban J connectivity index is 2.29. The molecule has 0 saturated heterocycles. The molecule has 0 fully saturated rings. The van der Waals surface area contributed by atoms with E-state index in [0.29, 0.717) is 6.61 Å². The zero-order chi connectivity index (χ0) is 17.0. The molecule has 122 valence electrons. The van der Waals surface area contributed by atoms with Gasteiger partial charge in [0, 0.05) is 11.6 Å². The minimum absolute atomic E-state index is 0.256. The smallest absolute Gasteiger partial charge is 0.315 e. The monoisotopic (exact) mass is 313 g/mol. The molecule has 0 unspecified atom stereocenters. The molecule has 1 heterocycles. The van der Waals surface area contributed by atoms with E-state index in [1.165, 1.54) is 0 Å². The number of nitrogens with zero attached hydrogens (tertiary/aromatic N) is 1. The number of carbonyl (C=O) groups excluding carboxylic acids is 1. The lowest BCUT2D eigenvalue weighted by atomic mass is 9.93. The largest absolute Gasteiger partial charge is 0.465 e. The van der Waals surface area contributed by atoms with E-state index in [4.69, 9.17) is 4.74 Å². The Hall–Kier alpha value is -2.20. The maximum Gasteiger partial charge on any atom is 0.315 e. The van der Waals surface area contributed by atoms with Gasteiger partial charge in [0.15, 0.2) is 0 Å². The molecular formula is C19H23NO3. The molecule has 0 aliphatic heterocycles. The van der Waals surface area contributed by atoms with Gasteiger partial charge < -0.3 is 9.84 Å². The first-order valence-electron chi connectivity index (χ1n) is 7.77. The van der Waals surface area contributed by atoms with E-state index >= 15 is 0 Å². The van der Waals surface area contributed by atoms with Gasteiger partial charge in [-0.2, -0.15) is 0 Å². The molecule has 0 spiro atoms. The van der Waals surface area contributed by atoms with Crippen LogP contribution in [0.15, 0.2) is 36.5 Å². The second-order valence-corrected chi connectivity index (χ2v) is 6.17. The average Bonchev–Trinajstić information content (AvgIpc) is 2.52. The summed E-state index contributed by atoms with van der Waals surface area (Å²) in [4.78, 5) is 16.3. The molecule has 0 radical (unpaired) electrons. The topological polar surface area (TPSA) is 59.4 Å². The van der Waals surface area contributed by atoms with Crippen LogP contribution in [0.4, 0.5) is 0 Å². The number of carbonyl (C=O) groups is 1. The number of aliphatic hydroxyl groups excluding tert-OH is 1. The van der Waals surface area contributed by atoms with E-state index < -0.39 is 11.5 Å². The van der Waals surface area contributed by atoms with Gasteiger partial charge in [-0.05, 0) is 56.9 Å². The number of aromatic nitrogens is 1. The van der Waals surface area contributed by atoms with E-state index in [9.17, 15) is 9.90 Å². The molecule has 0 aliphatic rings. The Kier molecular flexibility index (Phi) is 5.16. The van der Waals surface area contributed by atoms with Crippen LogP contribution in [0.5, 0.6) is 0 Å². The molecule has 0 bridgehead atoms. The Morgan fingerprint density at radius 2 is 2.09 bits per heavy atom. The molecule has 1 N–H and O–H groups in total. The summed E-state index contributed by atoms with van der Waals surface area (Å²) in [5, 5.41) is 11.7. The third-order valence-corrected chi connectivity index (χ3v) is 3.72. The van der Waals surface area contributed by atoms with Crippen LogP contribution in [-0.2, 0) is 9.53 Å². The molecule has 1 aromatic heterocycles. The van der Waals surface area contributed by atoms with Crippen molar-refractivity contribution in [3.05, 3.63) is 47.8 Å². The van der Waals surface area contributed by atoms with Gasteiger partial charge in [0.2, 0.25) is 0 Å². The first-order chi connectivity index (χ1) is 10.8. The van der Waals surface area contributed by atoms with Gasteiger partial charge in [-0.25, -0.2) is 0 Å². The second kappa shape index (κ2) is 6.92. The molecule has 2 aromatic rings. The van der Waals surface area contributed by atoms with Gasteiger partial charge in [-0.3, -0.25) is 9.78 Å². The summed E-state index contributed by atoms with van der Waals surface area (Å²) in [6.07, 6.45) is 4.91. The lowest BCUT2D eigenvalue weighted by molar-refractivity contribution is -0.150. The molecule has 4 heteroatoms. The molecule has 0 amide bonds. The molecule has 23 heavy (non-hydrogen) atoms. The van der Waals surface area contributed by atoms with Crippen LogP contribution in [0.25, 0.3) is 16.8 Å².